The Kier molecular flexibility index (Phi) is 5.15. The molecule has 1 aliphatic rings. The lowest BCUT2D eigenvalue weighted by atomic mass is 10.1. The Hall–Kier alpha value is -1.51. The predicted molar refractivity (Wildman–Crippen MR) is 82.2 cm³/mol. The van der Waals surface area contributed by atoms with Crippen LogP contribution >= 0.6 is 0 Å². The van der Waals surface area contributed by atoms with Crippen LogP contribution in [0.5, 0.6) is 0 Å². The van der Waals surface area contributed by atoms with Gasteiger partial charge in [0.1, 0.15) is 0 Å². The summed E-state index contributed by atoms with van der Waals surface area (Å²) in [4.78, 5) is 16.2. The van der Waals surface area contributed by atoms with Crippen molar-refractivity contribution < 1.29 is 17.9 Å². The zero-order chi connectivity index (χ0) is 16.3. The first-order chi connectivity index (χ1) is 10.3. The fourth-order valence-electron chi connectivity index (χ4n) is 2.19. The van der Waals surface area contributed by atoms with Crippen LogP contribution in [0.15, 0.2) is 12.3 Å². The fraction of sp³-hybridized carbons (Fsp3) is 0.571. The predicted octanol–water partition coefficient (Wildman–Crippen LogP) is 0.0886. The third-order valence-electron chi connectivity index (χ3n) is 3.66. The second kappa shape index (κ2) is 6.72. The van der Waals surface area contributed by atoms with Crippen LogP contribution in [0.25, 0.3) is 0 Å². The zero-order valence-corrected chi connectivity index (χ0v) is 13.8. The van der Waals surface area contributed by atoms with E-state index in [9.17, 15) is 13.2 Å². The van der Waals surface area contributed by atoms with Gasteiger partial charge in [0.2, 0.25) is 10.0 Å². The summed E-state index contributed by atoms with van der Waals surface area (Å²) < 4.78 is 29.9. The Labute approximate surface area is 130 Å². The van der Waals surface area contributed by atoms with Crippen LogP contribution in [-0.4, -0.2) is 62.2 Å². The monoisotopic (exact) mass is 327 g/mol. The topological polar surface area (TPSA) is 88.6 Å². The van der Waals surface area contributed by atoms with Gasteiger partial charge in [0.25, 0.3) is 5.91 Å². The minimum absolute atomic E-state index is 0.240. The minimum atomic E-state index is -3.23. The van der Waals surface area contributed by atoms with Gasteiger partial charge in [-0.2, -0.15) is 4.31 Å². The largest absolute Gasteiger partial charge is 0.374 e. The SMILES string of the molecule is Cc1cc(C(=O)NCC2CN(S(C)(=O)=O)CCO2)cnc1C. The number of nitrogens with one attached hydrogen (secondary N) is 1. The summed E-state index contributed by atoms with van der Waals surface area (Å²) in [5, 5.41) is 2.76. The van der Waals surface area contributed by atoms with E-state index >= 15 is 0 Å². The van der Waals surface area contributed by atoms with Crippen molar-refractivity contribution in [1.82, 2.24) is 14.6 Å². The van der Waals surface area contributed by atoms with E-state index < -0.39 is 10.0 Å². The van der Waals surface area contributed by atoms with E-state index in [1.807, 2.05) is 13.8 Å². The molecule has 1 fully saturated rings. The first-order valence-corrected chi connectivity index (χ1v) is 8.90. The molecule has 1 atom stereocenters. The van der Waals surface area contributed by atoms with Gasteiger partial charge < -0.3 is 10.1 Å². The van der Waals surface area contributed by atoms with E-state index in [-0.39, 0.29) is 25.1 Å². The Morgan fingerprint density at radius 1 is 1.50 bits per heavy atom. The van der Waals surface area contributed by atoms with Crippen LogP contribution in [0.4, 0.5) is 0 Å². The van der Waals surface area contributed by atoms with Crippen LogP contribution in [0.2, 0.25) is 0 Å². The maximum atomic E-state index is 12.1. The van der Waals surface area contributed by atoms with Gasteiger partial charge in [0, 0.05) is 31.5 Å². The highest BCUT2D eigenvalue weighted by molar-refractivity contribution is 7.88. The molecule has 122 valence electrons. The number of sulfonamides is 1. The number of hydrogen-bond acceptors (Lipinski definition) is 5. The third kappa shape index (κ3) is 4.25. The molecule has 2 heterocycles. The molecule has 1 saturated heterocycles. The first kappa shape index (κ1) is 16.9. The normalized spacial score (nSPS) is 19.9. The van der Waals surface area contributed by atoms with Crippen molar-refractivity contribution in [3.8, 4) is 0 Å². The van der Waals surface area contributed by atoms with Crippen molar-refractivity contribution in [3.05, 3.63) is 29.1 Å². The van der Waals surface area contributed by atoms with Gasteiger partial charge in [-0.05, 0) is 25.5 Å². The van der Waals surface area contributed by atoms with Gasteiger partial charge in [-0.3, -0.25) is 9.78 Å². The first-order valence-electron chi connectivity index (χ1n) is 7.05. The van der Waals surface area contributed by atoms with Gasteiger partial charge in [-0.25, -0.2) is 8.42 Å². The molecule has 0 aliphatic carbocycles. The molecule has 8 heteroatoms. The van der Waals surface area contributed by atoms with E-state index in [1.165, 1.54) is 16.8 Å². The van der Waals surface area contributed by atoms with Crippen molar-refractivity contribution >= 4 is 15.9 Å². The smallest absolute Gasteiger partial charge is 0.252 e. The van der Waals surface area contributed by atoms with Crippen LogP contribution < -0.4 is 5.32 Å². The Morgan fingerprint density at radius 2 is 2.23 bits per heavy atom. The molecule has 0 bridgehead atoms. The molecule has 1 unspecified atom stereocenters. The van der Waals surface area contributed by atoms with Crippen molar-refractivity contribution in [1.29, 1.82) is 0 Å². The lowest BCUT2D eigenvalue weighted by molar-refractivity contribution is 0.000436. The number of pyridine rings is 1. The van der Waals surface area contributed by atoms with Crippen molar-refractivity contribution in [2.45, 2.75) is 20.0 Å². The van der Waals surface area contributed by atoms with Crippen molar-refractivity contribution in [2.75, 3.05) is 32.5 Å². The lowest BCUT2D eigenvalue weighted by Gasteiger charge is -2.31. The molecule has 22 heavy (non-hydrogen) atoms. The molecule has 1 aromatic rings. The molecule has 1 aromatic heterocycles. The summed E-state index contributed by atoms with van der Waals surface area (Å²) in [5.74, 6) is -0.240. The lowest BCUT2D eigenvalue weighted by Crippen LogP contribution is -2.49. The summed E-state index contributed by atoms with van der Waals surface area (Å²) in [7, 11) is -3.23. The minimum Gasteiger partial charge on any atom is -0.374 e. The molecule has 0 aromatic carbocycles. The maximum Gasteiger partial charge on any atom is 0.252 e. The van der Waals surface area contributed by atoms with E-state index in [4.69, 9.17) is 4.74 Å². The number of aryl methyl sites for hydroxylation is 2. The molecule has 2 rings (SSSR count). The second-order valence-corrected chi connectivity index (χ2v) is 7.43. The number of amides is 1. The van der Waals surface area contributed by atoms with E-state index in [0.29, 0.717) is 18.7 Å². The van der Waals surface area contributed by atoms with Gasteiger partial charge in [0.15, 0.2) is 0 Å². The summed E-state index contributed by atoms with van der Waals surface area (Å²) in [6.07, 6.45) is 2.36. The van der Waals surface area contributed by atoms with Crippen molar-refractivity contribution in [3.63, 3.8) is 0 Å². The number of aromatic nitrogens is 1. The molecule has 1 aliphatic heterocycles. The number of hydrogen-bond donors (Lipinski definition) is 1. The van der Waals surface area contributed by atoms with E-state index in [1.54, 1.807) is 6.07 Å². The van der Waals surface area contributed by atoms with Crippen LogP contribution in [0, 0.1) is 13.8 Å². The number of rotatable bonds is 4. The summed E-state index contributed by atoms with van der Waals surface area (Å²) in [5.41, 5.74) is 2.32. The third-order valence-corrected chi connectivity index (χ3v) is 4.93. The molecule has 0 spiro atoms. The maximum absolute atomic E-state index is 12.1. The summed E-state index contributed by atoms with van der Waals surface area (Å²) in [6, 6.07) is 1.78. The Balaban J connectivity index is 1.92. The second-order valence-electron chi connectivity index (χ2n) is 5.45. The quantitative estimate of drug-likeness (QED) is 0.846. The Bertz CT molecular complexity index is 660. The van der Waals surface area contributed by atoms with Gasteiger partial charge in [-0.1, -0.05) is 0 Å². The van der Waals surface area contributed by atoms with Gasteiger partial charge >= 0.3 is 0 Å². The van der Waals surface area contributed by atoms with Crippen molar-refractivity contribution in [2.24, 2.45) is 0 Å². The van der Waals surface area contributed by atoms with Crippen LogP contribution in [-0.2, 0) is 14.8 Å². The number of carbonyl (C=O) groups excluding carboxylic acids is 1. The standard InChI is InChI=1S/C14H21N3O4S/c1-10-6-12(7-15-11(10)2)14(18)16-8-13-9-17(4-5-21-13)22(3,19)20/h6-7,13H,4-5,8-9H2,1-3H3,(H,16,18). The number of ether oxygens (including phenoxy) is 1. The Morgan fingerprint density at radius 3 is 2.86 bits per heavy atom. The molecular weight excluding hydrogens is 306 g/mol. The van der Waals surface area contributed by atoms with Gasteiger partial charge in [-0.15, -0.1) is 0 Å². The molecular formula is C14H21N3O4S. The fourth-order valence-corrected chi connectivity index (χ4v) is 3.04. The highest BCUT2D eigenvalue weighted by Crippen LogP contribution is 2.09. The molecule has 0 saturated carbocycles. The number of nitrogens with zero attached hydrogens (tertiary/aromatic N) is 2. The average Bonchev–Trinajstić information content (AvgIpc) is 2.47. The number of carbonyl (C=O) groups is 1. The number of morpholine rings is 1. The average molecular weight is 327 g/mol. The molecule has 1 amide bonds. The zero-order valence-electron chi connectivity index (χ0n) is 13.0. The van der Waals surface area contributed by atoms with E-state index in [2.05, 4.69) is 10.3 Å². The highest BCUT2D eigenvalue weighted by Gasteiger charge is 2.26. The van der Waals surface area contributed by atoms with Crippen LogP contribution in [0.3, 0.4) is 0 Å². The van der Waals surface area contributed by atoms with E-state index in [0.717, 1.165) is 11.3 Å². The van der Waals surface area contributed by atoms with Gasteiger partial charge in [0.05, 0.1) is 24.5 Å². The molecule has 0 radical (unpaired) electrons. The molecule has 7 nitrogen and oxygen atoms in total. The summed E-state index contributed by atoms with van der Waals surface area (Å²) in [6.45, 7) is 4.98. The van der Waals surface area contributed by atoms with Crippen LogP contribution in [0.1, 0.15) is 21.6 Å². The highest BCUT2D eigenvalue weighted by atomic mass is 32.2. The summed E-state index contributed by atoms with van der Waals surface area (Å²) >= 11 is 0. The molecule has 1 N–H and O–H groups in total.